The van der Waals surface area contributed by atoms with E-state index in [1.54, 1.807) is 16.3 Å². The third-order valence-electron chi connectivity index (χ3n) is 11.0. The molecule has 1 aromatic rings. The molecule has 6 rings (SSSR count). The van der Waals surface area contributed by atoms with Gasteiger partial charge in [-0.25, -0.2) is 13.8 Å². The number of carboxylic acids is 1. The van der Waals surface area contributed by atoms with Crippen molar-refractivity contribution < 1.29 is 23.4 Å². The second-order valence-corrected chi connectivity index (χ2v) is 15.6. The van der Waals surface area contributed by atoms with E-state index in [1.165, 1.54) is 0 Å². The van der Waals surface area contributed by atoms with Crippen molar-refractivity contribution in [2.75, 3.05) is 19.4 Å². The van der Waals surface area contributed by atoms with Gasteiger partial charge in [-0.15, -0.1) is 11.6 Å². The minimum Gasteiger partial charge on any atom is -0.481 e. The Labute approximate surface area is 261 Å². The summed E-state index contributed by atoms with van der Waals surface area (Å²) in [6.07, 6.45) is 5.38. The number of thioether (sulfide) groups is 1. The lowest BCUT2D eigenvalue weighted by atomic mass is 9.70. The lowest BCUT2D eigenvalue weighted by Gasteiger charge is -2.47. The fourth-order valence-electron chi connectivity index (χ4n) is 8.55. The average molecular weight is 643 g/mol. The fraction of sp³-hybridized carbons (Fsp3) is 0.839. The minimum absolute atomic E-state index is 0.00987. The molecule has 3 heterocycles. The Hall–Kier alpha value is -1.27. The molecular weight excluding hydrogens is 598 g/mol. The number of piperidine rings is 1. The van der Waals surface area contributed by atoms with E-state index in [-0.39, 0.29) is 71.1 Å². The Balaban J connectivity index is 1.12. The summed E-state index contributed by atoms with van der Waals surface area (Å²) in [5.41, 5.74) is 1.51. The van der Waals surface area contributed by atoms with E-state index in [9.17, 15) is 23.5 Å². The van der Waals surface area contributed by atoms with Crippen molar-refractivity contribution >= 4 is 29.3 Å². The van der Waals surface area contributed by atoms with Crippen LogP contribution in [0.4, 0.5) is 8.78 Å². The van der Waals surface area contributed by atoms with Gasteiger partial charge >= 0.3 is 5.97 Å². The van der Waals surface area contributed by atoms with E-state index in [2.05, 4.69) is 12.2 Å². The predicted molar refractivity (Wildman–Crippen MR) is 163 cm³/mol. The first-order valence-electron chi connectivity index (χ1n) is 16.0. The Bertz CT molecular complexity index is 1260. The van der Waals surface area contributed by atoms with Crippen LogP contribution in [0.15, 0.2) is 4.79 Å². The summed E-state index contributed by atoms with van der Waals surface area (Å²) in [7, 11) is 1.91. The van der Waals surface area contributed by atoms with Crippen LogP contribution in [0.5, 0.6) is 0 Å². The second kappa shape index (κ2) is 12.5. The Morgan fingerprint density at radius 1 is 1.23 bits per heavy atom. The van der Waals surface area contributed by atoms with Crippen molar-refractivity contribution in [3.63, 3.8) is 0 Å². The molecule has 0 bridgehead atoms. The molecule has 8 nitrogen and oxygen atoms in total. The number of fused-ring (bicyclic) bond motifs is 2. The number of nitrogens with zero attached hydrogens (tertiary/aromatic N) is 3. The number of likely N-dealkylation sites (N-methyl/N-ethyl adjacent to an activating group) is 1. The van der Waals surface area contributed by atoms with Gasteiger partial charge < -0.3 is 15.2 Å². The smallest absolute Gasteiger partial charge is 0.308 e. The van der Waals surface area contributed by atoms with E-state index in [0.29, 0.717) is 49.1 Å². The molecule has 2 aliphatic heterocycles. The topological polar surface area (TPSA) is 96.7 Å². The molecule has 2 saturated heterocycles. The molecule has 0 spiro atoms. The third kappa shape index (κ3) is 6.40. The standard InChI is InChI=1S/C31H45ClF2N4O4S/c1-16-10-22(28-27(35-16)24(15-43-28)30(40)41)21-11-18(32)4-7-26(21)42-9-8-38-17(2)36-25-6-5-19(12-23(25)29(38)39)37(3)20-13-31(33,34)14-20/h16,18-22,24,26-28,35H,4-15H2,1-3H3,(H,40,41). The van der Waals surface area contributed by atoms with Crippen LogP contribution in [0.3, 0.4) is 0 Å². The van der Waals surface area contributed by atoms with Gasteiger partial charge in [0, 0.05) is 59.0 Å². The van der Waals surface area contributed by atoms with Crippen LogP contribution in [0.2, 0.25) is 0 Å². The van der Waals surface area contributed by atoms with E-state index in [4.69, 9.17) is 21.3 Å². The van der Waals surface area contributed by atoms with E-state index in [0.717, 1.165) is 37.8 Å². The maximum absolute atomic E-state index is 13.7. The van der Waals surface area contributed by atoms with Gasteiger partial charge in [-0.1, -0.05) is 0 Å². The quantitative estimate of drug-likeness (QED) is 0.409. The van der Waals surface area contributed by atoms with Gasteiger partial charge in [0.2, 0.25) is 0 Å². The van der Waals surface area contributed by atoms with Crippen molar-refractivity contribution in [2.45, 2.75) is 125 Å². The van der Waals surface area contributed by atoms with Crippen molar-refractivity contribution in [1.29, 1.82) is 0 Å². The number of alkyl halides is 3. The Morgan fingerprint density at radius 3 is 2.72 bits per heavy atom. The second-order valence-electron chi connectivity index (χ2n) is 13.7. The van der Waals surface area contributed by atoms with Crippen molar-refractivity contribution in [3.8, 4) is 0 Å². The molecule has 0 aromatic carbocycles. The molecule has 2 N–H and O–H groups in total. The van der Waals surface area contributed by atoms with Crippen molar-refractivity contribution in [1.82, 2.24) is 19.8 Å². The monoisotopic (exact) mass is 642 g/mol. The molecule has 0 amide bonds. The molecule has 0 radical (unpaired) electrons. The zero-order valence-electron chi connectivity index (χ0n) is 25.3. The summed E-state index contributed by atoms with van der Waals surface area (Å²) in [4.78, 5) is 32.5. The number of aromatic nitrogens is 2. The Kier molecular flexibility index (Phi) is 9.21. The van der Waals surface area contributed by atoms with Crippen molar-refractivity contribution in [3.05, 3.63) is 27.4 Å². The summed E-state index contributed by atoms with van der Waals surface area (Å²) in [6, 6.07) is 0.114. The molecule has 12 heteroatoms. The van der Waals surface area contributed by atoms with Crippen molar-refractivity contribution in [2.24, 2.45) is 17.8 Å². The number of hydrogen-bond donors (Lipinski definition) is 2. The van der Waals surface area contributed by atoms with Gasteiger partial charge in [0.25, 0.3) is 11.5 Å². The third-order valence-corrected chi connectivity index (χ3v) is 13.0. The molecule has 9 unspecified atom stereocenters. The normalized spacial score (nSPS) is 37.5. The number of carboxylic acid groups (broad SMARTS) is 1. The molecule has 1 aromatic heterocycles. The molecule has 5 aliphatic rings. The fourth-order valence-corrected chi connectivity index (χ4v) is 10.7. The zero-order chi connectivity index (χ0) is 30.6. The first-order chi connectivity index (χ1) is 20.4. The van der Waals surface area contributed by atoms with Gasteiger partial charge in [0.15, 0.2) is 0 Å². The van der Waals surface area contributed by atoms with E-state index < -0.39 is 11.9 Å². The Morgan fingerprint density at radius 2 is 2.00 bits per heavy atom. The number of nitrogens with one attached hydrogen (secondary N) is 1. The number of aliphatic carboxylic acids is 1. The molecule has 43 heavy (non-hydrogen) atoms. The van der Waals surface area contributed by atoms with Crippen LogP contribution in [0, 0.1) is 24.7 Å². The molecule has 240 valence electrons. The summed E-state index contributed by atoms with van der Waals surface area (Å²) in [5.74, 6) is -1.81. The molecule has 3 aliphatic carbocycles. The summed E-state index contributed by atoms with van der Waals surface area (Å²) >= 11 is 8.49. The maximum atomic E-state index is 13.7. The number of hydrogen-bond acceptors (Lipinski definition) is 7. The largest absolute Gasteiger partial charge is 0.481 e. The van der Waals surface area contributed by atoms with Crippen LogP contribution >= 0.6 is 23.4 Å². The van der Waals surface area contributed by atoms with Gasteiger partial charge in [-0.05, 0) is 77.7 Å². The molecular formula is C31H45ClF2N4O4S. The van der Waals surface area contributed by atoms with Crippen LogP contribution in [0.1, 0.15) is 69.0 Å². The van der Waals surface area contributed by atoms with Crippen LogP contribution in [-0.4, -0.2) is 91.8 Å². The average Bonchev–Trinajstić information content (AvgIpc) is 3.37. The van der Waals surface area contributed by atoms with Crippen LogP contribution in [0.25, 0.3) is 0 Å². The summed E-state index contributed by atoms with van der Waals surface area (Å²) in [6.45, 7) is 4.79. The molecule has 4 fully saturated rings. The first-order valence-corrected chi connectivity index (χ1v) is 17.5. The van der Waals surface area contributed by atoms with Gasteiger partial charge in [-0.2, -0.15) is 11.8 Å². The highest BCUT2D eigenvalue weighted by atomic mass is 35.5. The molecule has 9 atom stereocenters. The highest BCUT2D eigenvalue weighted by molar-refractivity contribution is 8.00. The van der Waals surface area contributed by atoms with Gasteiger partial charge in [-0.3, -0.25) is 19.1 Å². The lowest BCUT2D eigenvalue weighted by molar-refractivity contribution is -0.142. The minimum atomic E-state index is -2.57. The lowest BCUT2D eigenvalue weighted by Crippen LogP contribution is -2.57. The van der Waals surface area contributed by atoms with Crippen LogP contribution in [-0.2, 0) is 28.9 Å². The number of aryl methyl sites for hydroxylation is 2. The number of carbonyl (C=O) groups is 1. The van der Waals surface area contributed by atoms with Gasteiger partial charge in [0.1, 0.15) is 5.82 Å². The predicted octanol–water partition coefficient (Wildman–Crippen LogP) is 4.11. The first kappa shape index (κ1) is 31.7. The number of rotatable bonds is 8. The van der Waals surface area contributed by atoms with E-state index >= 15 is 0 Å². The highest BCUT2D eigenvalue weighted by Gasteiger charge is 2.52. The van der Waals surface area contributed by atoms with Crippen LogP contribution < -0.4 is 10.9 Å². The van der Waals surface area contributed by atoms with Gasteiger partial charge in [0.05, 0.1) is 30.9 Å². The zero-order valence-corrected chi connectivity index (χ0v) is 26.9. The highest BCUT2D eigenvalue weighted by Crippen LogP contribution is 2.48. The summed E-state index contributed by atoms with van der Waals surface area (Å²) in [5, 5.41) is 13.7. The SMILES string of the molecule is Cc1nc2c(c(=O)n1CCOC1CCC(Cl)CC1C1CC(C)NC3C(C(=O)O)CSC13)CC(N(C)C1CC(F)(F)C1)CC2. The maximum Gasteiger partial charge on any atom is 0.308 e. The number of ether oxygens (including phenoxy) is 1. The van der Waals surface area contributed by atoms with E-state index in [1.807, 2.05) is 18.9 Å². The molecule has 2 saturated carbocycles. The number of halogens is 3. The summed E-state index contributed by atoms with van der Waals surface area (Å²) < 4.78 is 35.3.